The molecular weight excluding hydrogens is 336 g/mol. The first-order valence-electron chi connectivity index (χ1n) is 5.48. The van der Waals surface area contributed by atoms with E-state index in [1.54, 1.807) is 0 Å². The Labute approximate surface area is 114 Å². The van der Waals surface area contributed by atoms with Crippen molar-refractivity contribution in [3.63, 3.8) is 0 Å². The molecule has 4 heteroatoms. The van der Waals surface area contributed by atoms with Crippen LogP contribution in [0.25, 0.3) is 0 Å². The Morgan fingerprint density at radius 1 is 1.25 bits per heavy atom. The average molecular weight is 354 g/mol. The fraction of sp³-hybridized carbons (Fsp3) is 0.667. The number of ether oxygens (including phenoxy) is 2. The van der Waals surface area contributed by atoms with E-state index >= 15 is 0 Å². The molecule has 0 amide bonds. The molecule has 0 bridgehead atoms. The van der Waals surface area contributed by atoms with Gasteiger partial charge in [-0.3, -0.25) is 0 Å². The molecule has 1 rings (SSSR count). The molecule has 1 saturated heterocycles. The van der Waals surface area contributed by atoms with Crippen molar-refractivity contribution in [3.05, 3.63) is 21.6 Å². The SMILES string of the molecule is CC/C=C\C[C@@H]1OC(C)(C)O[C@@H]1C=C(Br)Br. The second-order valence-corrected chi connectivity index (χ2v) is 6.98. The van der Waals surface area contributed by atoms with Gasteiger partial charge in [-0.2, -0.15) is 0 Å². The molecule has 2 nitrogen and oxygen atoms in total. The van der Waals surface area contributed by atoms with Crippen molar-refractivity contribution in [2.24, 2.45) is 0 Å². The van der Waals surface area contributed by atoms with E-state index in [1.165, 1.54) is 0 Å². The predicted octanol–water partition coefficient (Wildman–Crippen LogP) is 4.49. The smallest absolute Gasteiger partial charge is 0.164 e. The summed E-state index contributed by atoms with van der Waals surface area (Å²) in [5, 5.41) is 0. The Bertz CT molecular complexity index is 281. The topological polar surface area (TPSA) is 18.5 Å². The van der Waals surface area contributed by atoms with E-state index in [9.17, 15) is 0 Å². The molecule has 0 aliphatic carbocycles. The maximum Gasteiger partial charge on any atom is 0.164 e. The maximum atomic E-state index is 5.85. The van der Waals surface area contributed by atoms with Crippen LogP contribution in [-0.4, -0.2) is 18.0 Å². The number of allylic oxidation sites excluding steroid dienone is 1. The van der Waals surface area contributed by atoms with Crippen molar-refractivity contribution in [3.8, 4) is 0 Å². The van der Waals surface area contributed by atoms with Crippen LogP contribution in [-0.2, 0) is 9.47 Å². The zero-order valence-electron chi connectivity index (χ0n) is 9.87. The maximum absolute atomic E-state index is 5.85. The third kappa shape index (κ3) is 4.70. The summed E-state index contributed by atoms with van der Waals surface area (Å²) in [7, 11) is 0. The zero-order valence-corrected chi connectivity index (χ0v) is 13.0. The summed E-state index contributed by atoms with van der Waals surface area (Å²) in [5.74, 6) is -0.499. The van der Waals surface area contributed by atoms with Gasteiger partial charge in [-0.05, 0) is 64.6 Å². The van der Waals surface area contributed by atoms with Gasteiger partial charge in [0, 0.05) is 0 Å². The third-order valence-electron chi connectivity index (χ3n) is 2.28. The molecule has 0 saturated carbocycles. The van der Waals surface area contributed by atoms with Crippen molar-refractivity contribution in [1.82, 2.24) is 0 Å². The molecule has 16 heavy (non-hydrogen) atoms. The van der Waals surface area contributed by atoms with Gasteiger partial charge in [-0.15, -0.1) is 0 Å². The fourth-order valence-corrected chi connectivity index (χ4v) is 2.23. The second-order valence-electron chi connectivity index (χ2n) is 4.21. The van der Waals surface area contributed by atoms with Crippen molar-refractivity contribution in [2.75, 3.05) is 0 Å². The van der Waals surface area contributed by atoms with E-state index in [2.05, 4.69) is 50.9 Å². The normalized spacial score (nSPS) is 28.6. The highest BCUT2D eigenvalue weighted by Crippen LogP contribution is 2.32. The van der Waals surface area contributed by atoms with E-state index in [0.717, 1.165) is 16.2 Å². The Balaban J connectivity index is 2.65. The van der Waals surface area contributed by atoms with Gasteiger partial charge in [-0.1, -0.05) is 19.1 Å². The predicted molar refractivity (Wildman–Crippen MR) is 73.8 cm³/mol. The summed E-state index contributed by atoms with van der Waals surface area (Å²) in [5.41, 5.74) is 0. The van der Waals surface area contributed by atoms with Gasteiger partial charge in [0.15, 0.2) is 5.79 Å². The standard InChI is InChI=1S/C12H18Br2O2/c1-4-5-6-7-9-10(8-11(13)14)16-12(2,3)15-9/h5-6,8-10H,4,7H2,1-3H3/b6-5-/t9-,10+/m0/s1. The monoisotopic (exact) mass is 352 g/mol. The van der Waals surface area contributed by atoms with E-state index in [-0.39, 0.29) is 12.2 Å². The molecule has 0 N–H and O–H groups in total. The molecule has 0 unspecified atom stereocenters. The van der Waals surface area contributed by atoms with Crippen LogP contribution in [0.15, 0.2) is 21.6 Å². The lowest BCUT2D eigenvalue weighted by molar-refractivity contribution is -0.142. The molecule has 0 spiro atoms. The molecular formula is C12H18Br2O2. The summed E-state index contributed by atoms with van der Waals surface area (Å²) < 4.78 is 12.6. The van der Waals surface area contributed by atoms with Crippen LogP contribution < -0.4 is 0 Å². The third-order valence-corrected chi connectivity index (χ3v) is 2.81. The van der Waals surface area contributed by atoms with Gasteiger partial charge in [0.05, 0.1) is 9.50 Å². The Kier molecular flexibility index (Phi) is 5.71. The quantitative estimate of drug-likeness (QED) is 0.693. The Morgan fingerprint density at radius 2 is 1.94 bits per heavy atom. The Morgan fingerprint density at radius 3 is 2.50 bits per heavy atom. The van der Waals surface area contributed by atoms with Crippen LogP contribution in [0.3, 0.4) is 0 Å². The molecule has 1 heterocycles. The van der Waals surface area contributed by atoms with Gasteiger partial charge in [0.25, 0.3) is 0 Å². The van der Waals surface area contributed by atoms with Crippen LogP contribution >= 0.6 is 31.9 Å². The first kappa shape index (κ1) is 14.4. The lowest BCUT2D eigenvalue weighted by Gasteiger charge is -2.16. The van der Waals surface area contributed by atoms with Gasteiger partial charge < -0.3 is 9.47 Å². The van der Waals surface area contributed by atoms with Gasteiger partial charge in [0.1, 0.15) is 6.10 Å². The molecule has 0 aromatic heterocycles. The van der Waals surface area contributed by atoms with Crippen molar-refractivity contribution < 1.29 is 9.47 Å². The second kappa shape index (κ2) is 6.34. The van der Waals surface area contributed by atoms with Crippen molar-refractivity contribution >= 4 is 31.9 Å². The fourth-order valence-electron chi connectivity index (χ4n) is 1.71. The molecule has 1 aliphatic heterocycles. The number of halogens is 2. The largest absolute Gasteiger partial charge is 0.344 e. The summed E-state index contributed by atoms with van der Waals surface area (Å²) in [6.45, 7) is 6.01. The summed E-state index contributed by atoms with van der Waals surface area (Å²) >= 11 is 6.71. The van der Waals surface area contributed by atoms with Gasteiger partial charge in [-0.25, -0.2) is 0 Å². The van der Waals surface area contributed by atoms with E-state index in [4.69, 9.17) is 9.47 Å². The molecule has 0 aromatic carbocycles. The minimum Gasteiger partial charge on any atom is -0.344 e. The first-order valence-corrected chi connectivity index (χ1v) is 7.06. The minimum atomic E-state index is -0.499. The van der Waals surface area contributed by atoms with Crippen LogP contribution in [0.2, 0.25) is 0 Å². The molecule has 0 radical (unpaired) electrons. The van der Waals surface area contributed by atoms with Crippen LogP contribution in [0.1, 0.15) is 33.6 Å². The van der Waals surface area contributed by atoms with Crippen molar-refractivity contribution in [2.45, 2.75) is 51.6 Å². The summed E-state index contributed by atoms with van der Waals surface area (Å²) in [4.78, 5) is 0. The van der Waals surface area contributed by atoms with Crippen LogP contribution in [0.5, 0.6) is 0 Å². The summed E-state index contributed by atoms with van der Waals surface area (Å²) in [6, 6.07) is 0. The molecule has 92 valence electrons. The van der Waals surface area contributed by atoms with E-state index in [0.29, 0.717) is 0 Å². The highest BCUT2D eigenvalue weighted by molar-refractivity contribution is 9.28. The molecule has 1 fully saturated rings. The molecule has 2 atom stereocenters. The zero-order chi connectivity index (χ0) is 12.2. The van der Waals surface area contributed by atoms with Crippen LogP contribution in [0.4, 0.5) is 0 Å². The number of rotatable bonds is 4. The Hall–Kier alpha value is 0.360. The highest BCUT2D eigenvalue weighted by atomic mass is 79.9. The van der Waals surface area contributed by atoms with E-state index in [1.807, 2.05) is 19.9 Å². The minimum absolute atomic E-state index is 0.00902. The van der Waals surface area contributed by atoms with Crippen molar-refractivity contribution in [1.29, 1.82) is 0 Å². The van der Waals surface area contributed by atoms with E-state index < -0.39 is 5.79 Å². The first-order chi connectivity index (χ1) is 7.44. The average Bonchev–Trinajstić information content (AvgIpc) is 2.40. The molecule has 1 aliphatic rings. The van der Waals surface area contributed by atoms with Gasteiger partial charge >= 0.3 is 0 Å². The van der Waals surface area contributed by atoms with Gasteiger partial charge in [0.2, 0.25) is 0 Å². The number of hydrogen-bond donors (Lipinski definition) is 0. The lowest BCUT2D eigenvalue weighted by Crippen LogP contribution is -2.21. The summed E-state index contributed by atoms with van der Waals surface area (Å²) in [6.07, 6.45) is 8.30. The number of hydrogen-bond acceptors (Lipinski definition) is 2. The molecule has 0 aromatic rings. The lowest BCUT2D eigenvalue weighted by atomic mass is 10.1. The highest BCUT2D eigenvalue weighted by Gasteiger charge is 2.39. The van der Waals surface area contributed by atoms with Crippen LogP contribution in [0, 0.1) is 0 Å².